The molecule has 1 aromatic carbocycles. The van der Waals surface area contributed by atoms with Crippen molar-refractivity contribution in [2.24, 2.45) is 0 Å². The first-order valence-electron chi connectivity index (χ1n) is 10.4. The number of rotatable bonds is 5. The highest BCUT2D eigenvalue weighted by Gasteiger charge is 2.21. The van der Waals surface area contributed by atoms with E-state index in [1.165, 1.54) is 16.8 Å². The number of benzene rings is 1. The van der Waals surface area contributed by atoms with Gasteiger partial charge in [-0.05, 0) is 56.0 Å². The average molecular weight is 396 g/mol. The van der Waals surface area contributed by atoms with Crippen molar-refractivity contribution in [2.75, 3.05) is 49.1 Å². The Morgan fingerprint density at radius 1 is 1.10 bits per heavy atom. The van der Waals surface area contributed by atoms with Crippen LogP contribution in [0.4, 0.5) is 11.5 Å². The van der Waals surface area contributed by atoms with Crippen molar-refractivity contribution in [1.82, 2.24) is 15.5 Å². The van der Waals surface area contributed by atoms with Gasteiger partial charge in [-0.2, -0.15) is 0 Å². The van der Waals surface area contributed by atoms with Crippen molar-refractivity contribution in [1.29, 1.82) is 0 Å². The Balaban J connectivity index is 1.32. The maximum absolute atomic E-state index is 12.3. The van der Waals surface area contributed by atoms with E-state index in [9.17, 15) is 4.79 Å². The van der Waals surface area contributed by atoms with Crippen LogP contribution in [0.3, 0.4) is 0 Å². The van der Waals surface area contributed by atoms with E-state index in [0.29, 0.717) is 12.2 Å². The van der Waals surface area contributed by atoms with Crippen LogP contribution in [0.2, 0.25) is 0 Å². The Labute approximate surface area is 172 Å². The quantitative estimate of drug-likeness (QED) is 0.838. The Kier molecular flexibility index (Phi) is 5.94. The molecule has 0 saturated carbocycles. The summed E-state index contributed by atoms with van der Waals surface area (Å²) in [4.78, 5) is 16.9. The van der Waals surface area contributed by atoms with Gasteiger partial charge in [0.2, 0.25) is 0 Å². The van der Waals surface area contributed by atoms with Gasteiger partial charge in [0.1, 0.15) is 0 Å². The number of anilines is 2. The molecule has 0 radical (unpaired) electrons. The Morgan fingerprint density at radius 3 is 2.59 bits per heavy atom. The first kappa shape index (κ1) is 19.6. The van der Waals surface area contributed by atoms with Crippen molar-refractivity contribution in [3.8, 4) is 0 Å². The molecule has 2 saturated heterocycles. The van der Waals surface area contributed by atoms with E-state index in [1.54, 1.807) is 6.07 Å². The number of amides is 1. The van der Waals surface area contributed by atoms with Crippen LogP contribution in [-0.4, -0.2) is 61.5 Å². The summed E-state index contributed by atoms with van der Waals surface area (Å²) in [6, 6.07) is 10.1. The van der Waals surface area contributed by atoms with Crippen LogP contribution in [0.15, 0.2) is 30.3 Å². The second-order valence-corrected chi connectivity index (χ2v) is 7.81. The van der Waals surface area contributed by atoms with Crippen LogP contribution in [0.25, 0.3) is 0 Å². The van der Waals surface area contributed by atoms with Gasteiger partial charge in [0, 0.05) is 45.0 Å². The normalized spacial score (nSPS) is 19.4. The summed E-state index contributed by atoms with van der Waals surface area (Å²) in [7, 11) is 0. The van der Waals surface area contributed by atoms with Gasteiger partial charge in [-0.25, -0.2) is 0 Å². The summed E-state index contributed by atoms with van der Waals surface area (Å²) < 4.78 is 5.53. The molecule has 7 nitrogen and oxygen atoms in total. The fourth-order valence-corrected chi connectivity index (χ4v) is 3.97. The highest BCUT2D eigenvalue weighted by molar-refractivity contribution is 5.92. The molecule has 7 heteroatoms. The molecule has 1 atom stereocenters. The minimum absolute atomic E-state index is 0.125. The molecular weight excluding hydrogens is 366 g/mol. The molecule has 2 fully saturated rings. The smallest absolute Gasteiger partial charge is 0.271 e. The standard InChI is InChI=1S/C22H29N5O2/c1-16-5-3-7-20(17(16)2)26-10-12-27(13-11-26)21-9-8-19(24-25-21)22(28)23-15-18-6-4-14-29-18/h3,5,7-9,18H,4,6,10-15H2,1-2H3,(H,23,28). The topological polar surface area (TPSA) is 70.6 Å². The lowest BCUT2D eigenvalue weighted by Gasteiger charge is -2.37. The largest absolute Gasteiger partial charge is 0.376 e. The fourth-order valence-electron chi connectivity index (χ4n) is 3.97. The van der Waals surface area contributed by atoms with E-state index in [-0.39, 0.29) is 12.0 Å². The first-order chi connectivity index (χ1) is 14.1. The van der Waals surface area contributed by atoms with E-state index in [2.05, 4.69) is 57.4 Å². The van der Waals surface area contributed by atoms with E-state index in [4.69, 9.17) is 4.74 Å². The fraction of sp³-hybridized carbons (Fsp3) is 0.500. The molecule has 1 unspecified atom stereocenters. The molecule has 3 heterocycles. The first-order valence-corrected chi connectivity index (χ1v) is 10.4. The third-order valence-electron chi connectivity index (χ3n) is 5.92. The van der Waals surface area contributed by atoms with Crippen molar-refractivity contribution in [3.05, 3.63) is 47.2 Å². The van der Waals surface area contributed by atoms with Gasteiger partial charge in [0.25, 0.3) is 5.91 Å². The summed E-state index contributed by atoms with van der Waals surface area (Å²) >= 11 is 0. The molecule has 4 rings (SSSR count). The van der Waals surface area contributed by atoms with Crippen molar-refractivity contribution in [2.45, 2.75) is 32.8 Å². The summed E-state index contributed by atoms with van der Waals surface area (Å²) in [6.07, 6.45) is 2.18. The molecule has 1 amide bonds. The molecule has 0 aliphatic carbocycles. The van der Waals surface area contributed by atoms with Crippen LogP contribution in [0.1, 0.15) is 34.5 Å². The summed E-state index contributed by atoms with van der Waals surface area (Å²) in [5.41, 5.74) is 4.33. The minimum Gasteiger partial charge on any atom is -0.376 e. The molecule has 1 aromatic heterocycles. The number of hydrogen-bond donors (Lipinski definition) is 1. The molecule has 1 N–H and O–H groups in total. The second-order valence-electron chi connectivity index (χ2n) is 7.81. The third-order valence-corrected chi connectivity index (χ3v) is 5.92. The molecule has 2 aromatic rings. The van der Waals surface area contributed by atoms with Gasteiger partial charge in [0.15, 0.2) is 11.5 Å². The van der Waals surface area contributed by atoms with E-state index in [1.807, 2.05) is 6.07 Å². The summed E-state index contributed by atoms with van der Waals surface area (Å²) in [5, 5.41) is 11.3. The monoisotopic (exact) mass is 395 g/mol. The predicted octanol–water partition coefficient (Wildman–Crippen LogP) is 2.33. The number of carbonyl (C=O) groups is 1. The van der Waals surface area contributed by atoms with Crippen LogP contribution in [0, 0.1) is 13.8 Å². The van der Waals surface area contributed by atoms with E-state index in [0.717, 1.165) is 51.4 Å². The number of ether oxygens (including phenoxy) is 1. The predicted molar refractivity (Wildman–Crippen MR) is 114 cm³/mol. The minimum atomic E-state index is -0.195. The van der Waals surface area contributed by atoms with Gasteiger partial charge >= 0.3 is 0 Å². The van der Waals surface area contributed by atoms with Gasteiger partial charge in [0.05, 0.1) is 6.10 Å². The van der Waals surface area contributed by atoms with Crippen molar-refractivity contribution < 1.29 is 9.53 Å². The van der Waals surface area contributed by atoms with Crippen molar-refractivity contribution in [3.63, 3.8) is 0 Å². The summed E-state index contributed by atoms with van der Waals surface area (Å²) in [6.45, 7) is 9.30. The highest BCUT2D eigenvalue weighted by Crippen LogP contribution is 2.24. The third kappa shape index (κ3) is 4.50. The lowest BCUT2D eigenvalue weighted by Crippen LogP contribution is -2.47. The van der Waals surface area contributed by atoms with Gasteiger partial charge in [-0.3, -0.25) is 4.79 Å². The van der Waals surface area contributed by atoms with Crippen LogP contribution < -0.4 is 15.1 Å². The number of piperazine rings is 1. The van der Waals surface area contributed by atoms with Gasteiger partial charge in [-0.1, -0.05) is 12.1 Å². The van der Waals surface area contributed by atoms with E-state index >= 15 is 0 Å². The van der Waals surface area contributed by atoms with Gasteiger partial charge < -0.3 is 19.9 Å². The number of carbonyl (C=O) groups excluding carboxylic acids is 1. The Bertz CT molecular complexity index is 841. The van der Waals surface area contributed by atoms with Crippen LogP contribution in [0.5, 0.6) is 0 Å². The molecular formula is C22H29N5O2. The molecule has 2 aliphatic heterocycles. The molecule has 2 aliphatic rings. The zero-order chi connectivity index (χ0) is 20.2. The zero-order valence-electron chi connectivity index (χ0n) is 17.2. The number of nitrogens with zero attached hydrogens (tertiary/aromatic N) is 4. The molecule has 154 valence electrons. The average Bonchev–Trinajstić information content (AvgIpc) is 3.28. The number of aromatic nitrogens is 2. The van der Waals surface area contributed by atoms with Crippen molar-refractivity contribution >= 4 is 17.4 Å². The van der Waals surface area contributed by atoms with Gasteiger partial charge in [-0.15, -0.1) is 10.2 Å². The lowest BCUT2D eigenvalue weighted by atomic mass is 10.1. The number of hydrogen-bond acceptors (Lipinski definition) is 6. The van der Waals surface area contributed by atoms with E-state index < -0.39 is 0 Å². The highest BCUT2D eigenvalue weighted by atomic mass is 16.5. The lowest BCUT2D eigenvalue weighted by molar-refractivity contribution is 0.0853. The maximum atomic E-state index is 12.3. The second kappa shape index (κ2) is 8.78. The molecule has 0 bridgehead atoms. The number of nitrogens with one attached hydrogen (secondary N) is 1. The Hall–Kier alpha value is -2.67. The molecule has 29 heavy (non-hydrogen) atoms. The molecule has 0 spiro atoms. The van der Waals surface area contributed by atoms with Crippen LogP contribution >= 0.6 is 0 Å². The van der Waals surface area contributed by atoms with Crippen LogP contribution in [-0.2, 0) is 4.74 Å². The SMILES string of the molecule is Cc1cccc(N2CCN(c3ccc(C(=O)NCC4CCCO4)nn3)CC2)c1C. The maximum Gasteiger partial charge on any atom is 0.271 e. The Morgan fingerprint density at radius 2 is 1.90 bits per heavy atom. The zero-order valence-corrected chi connectivity index (χ0v) is 17.2. The summed E-state index contributed by atoms with van der Waals surface area (Å²) in [5.74, 6) is 0.626. The number of aryl methyl sites for hydroxylation is 1.